The molecule has 18 heavy (non-hydrogen) atoms. The van der Waals surface area contributed by atoms with Crippen molar-refractivity contribution in [3.63, 3.8) is 0 Å². The van der Waals surface area contributed by atoms with Crippen LogP contribution in [0.2, 0.25) is 0 Å². The molecule has 0 fully saturated rings. The van der Waals surface area contributed by atoms with Crippen LogP contribution in [0, 0.1) is 19.8 Å². The predicted molar refractivity (Wildman–Crippen MR) is 74.6 cm³/mol. The normalized spacial score (nSPS) is 10.9. The van der Waals surface area contributed by atoms with Gasteiger partial charge in [0.05, 0.1) is 11.4 Å². The average Bonchev–Trinajstić information content (AvgIpc) is 2.60. The first-order valence-corrected chi connectivity index (χ1v) is 7.42. The van der Waals surface area contributed by atoms with E-state index < -0.39 is 0 Å². The number of hydrogen-bond donors (Lipinski definition) is 1. The summed E-state index contributed by atoms with van der Waals surface area (Å²) in [5.74, 6) is 2.84. The molecule has 1 aromatic rings. The molecule has 0 aliphatic heterocycles. The van der Waals surface area contributed by atoms with E-state index in [1.165, 1.54) is 0 Å². The molecule has 0 saturated carbocycles. The van der Waals surface area contributed by atoms with Crippen molar-refractivity contribution in [2.75, 3.05) is 12.3 Å². The number of amides is 1. The van der Waals surface area contributed by atoms with E-state index in [-0.39, 0.29) is 5.91 Å². The molecule has 1 heterocycles. The molecule has 0 saturated heterocycles. The van der Waals surface area contributed by atoms with Gasteiger partial charge < -0.3 is 9.84 Å². The average molecular weight is 270 g/mol. The first-order valence-electron chi connectivity index (χ1n) is 6.27. The van der Waals surface area contributed by atoms with Gasteiger partial charge in [-0.1, -0.05) is 19.0 Å². The lowest BCUT2D eigenvalue weighted by Crippen LogP contribution is -2.26. The van der Waals surface area contributed by atoms with Crippen LogP contribution >= 0.6 is 11.8 Å². The van der Waals surface area contributed by atoms with Crippen LogP contribution in [-0.2, 0) is 10.5 Å². The van der Waals surface area contributed by atoms with E-state index in [4.69, 9.17) is 4.52 Å². The minimum atomic E-state index is 0.104. The second-order valence-corrected chi connectivity index (χ2v) is 5.81. The Morgan fingerprint density at radius 1 is 1.44 bits per heavy atom. The zero-order valence-electron chi connectivity index (χ0n) is 11.6. The van der Waals surface area contributed by atoms with Crippen LogP contribution < -0.4 is 5.32 Å². The summed E-state index contributed by atoms with van der Waals surface area (Å²) >= 11 is 1.59. The third kappa shape index (κ3) is 5.12. The molecule has 1 aromatic heterocycles. The van der Waals surface area contributed by atoms with Crippen molar-refractivity contribution in [3.8, 4) is 0 Å². The van der Waals surface area contributed by atoms with Crippen LogP contribution in [-0.4, -0.2) is 23.4 Å². The van der Waals surface area contributed by atoms with Crippen LogP contribution in [0.4, 0.5) is 0 Å². The standard InChI is InChI=1S/C13H22N2O2S/c1-9(2)5-6-14-13(16)8-18-7-12-10(3)15-17-11(12)4/h9H,5-8H2,1-4H3,(H,14,16). The van der Waals surface area contributed by atoms with Crippen molar-refractivity contribution in [3.05, 3.63) is 17.0 Å². The summed E-state index contributed by atoms with van der Waals surface area (Å²) in [7, 11) is 0. The number of aryl methyl sites for hydroxylation is 2. The first kappa shape index (κ1) is 15.1. The molecule has 0 spiro atoms. The molecule has 0 aromatic carbocycles. The van der Waals surface area contributed by atoms with E-state index in [0.717, 1.165) is 35.7 Å². The number of hydrogen-bond acceptors (Lipinski definition) is 4. The highest BCUT2D eigenvalue weighted by Crippen LogP contribution is 2.19. The van der Waals surface area contributed by atoms with E-state index >= 15 is 0 Å². The largest absolute Gasteiger partial charge is 0.361 e. The summed E-state index contributed by atoms with van der Waals surface area (Å²) < 4.78 is 5.08. The zero-order valence-corrected chi connectivity index (χ0v) is 12.4. The molecule has 1 amide bonds. The molecule has 4 nitrogen and oxygen atoms in total. The van der Waals surface area contributed by atoms with Gasteiger partial charge in [-0.15, -0.1) is 11.8 Å². The molecule has 0 atom stereocenters. The Balaban J connectivity index is 2.20. The van der Waals surface area contributed by atoms with Gasteiger partial charge in [0.25, 0.3) is 0 Å². The Labute approximate surface area is 113 Å². The Hall–Kier alpha value is -0.970. The number of aromatic nitrogens is 1. The number of nitrogens with zero attached hydrogens (tertiary/aromatic N) is 1. The number of rotatable bonds is 7. The molecule has 5 heteroatoms. The van der Waals surface area contributed by atoms with E-state index in [9.17, 15) is 4.79 Å². The first-order chi connectivity index (χ1) is 8.50. The third-order valence-electron chi connectivity index (χ3n) is 2.70. The molecule has 0 aliphatic carbocycles. The maximum Gasteiger partial charge on any atom is 0.230 e. The fourth-order valence-corrected chi connectivity index (χ4v) is 2.51. The Morgan fingerprint density at radius 2 is 2.17 bits per heavy atom. The SMILES string of the molecule is Cc1noc(C)c1CSCC(=O)NCCC(C)C. The van der Waals surface area contributed by atoms with Gasteiger partial charge in [-0.25, -0.2) is 0 Å². The number of carbonyl (C=O) groups excluding carboxylic acids is 1. The van der Waals surface area contributed by atoms with Crippen LogP contribution in [0.5, 0.6) is 0 Å². The summed E-state index contributed by atoms with van der Waals surface area (Å²) in [6.45, 7) is 8.90. The van der Waals surface area contributed by atoms with E-state index in [2.05, 4.69) is 24.3 Å². The van der Waals surface area contributed by atoms with Crippen LogP contribution in [0.1, 0.15) is 37.3 Å². The van der Waals surface area contributed by atoms with Gasteiger partial charge in [-0.2, -0.15) is 0 Å². The van der Waals surface area contributed by atoms with Gasteiger partial charge in [0.2, 0.25) is 5.91 Å². The Morgan fingerprint density at radius 3 is 2.72 bits per heavy atom. The van der Waals surface area contributed by atoms with E-state index in [0.29, 0.717) is 11.7 Å². The predicted octanol–water partition coefficient (Wildman–Crippen LogP) is 2.69. The molecule has 0 unspecified atom stereocenters. The second-order valence-electron chi connectivity index (χ2n) is 4.83. The highest BCUT2D eigenvalue weighted by Gasteiger charge is 2.09. The van der Waals surface area contributed by atoms with Crippen molar-refractivity contribution in [1.29, 1.82) is 0 Å². The lowest BCUT2D eigenvalue weighted by Gasteiger charge is -2.06. The van der Waals surface area contributed by atoms with Gasteiger partial charge in [-0.3, -0.25) is 4.79 Å². The van der Waals surface area contributed by atoms with Gasteiger partial charge in [0.1, 0.15) is 5.76 Å². The molecule has 102 valence electrons. The molecule has 0 aliphatic rings. The molecule has 1 rings (SSSR count). The summed E-state index contributed by atoms with van der Waals surface area (Å²) in [5, 5.41) is 6.82. The van der Waals surface area contributed by atoms with Crippen LogP contribution in [0.25, 0.3) is 0 Å². The maximum absolute atomic E-state index is 11.6. The number of nitrogens with one attached hydrogen (secondary N) is 1. The minimum Gasteiger partial charge on any atom is -0.361 e. The minimum absolute atomic E-state index is 0.104. The smallest absolute Gasteiger partial charge is 0.230 e. The van der Waals surface area contributed by atoms with Crippen molar-refractivity contribution >= 4 is 17.7 Å². The Bertz CT molecular complexity index is 369. The lowest BCUT2D eigenvalue weighted by molar-refractivity contribution is -0.118. The van der Waals surface area contributed by atoms with Gasteiger partial charge in [0, 0.05) is 17.9 Å². The fraction of sp³-hybridized carbons (Fsp3) is 0.692. The van der Waals surface area contributed by atoms with Crippen molar-refractivity contribution in [2.45, 2.75) is 39.9 Å². The molecular formula is C13H22N2O2S. The van der Waals surface area contributed by atoms with Gasteiger partial charge in [0.15, 0.2) is 0 Å². The van der Waals surface area contributed by atoms with Gasteiger partial charge in [-0.05, 0) is 26.2 Å². The Kier molecular flexibility index (Phi) is 6.25. The zero-order chi connectivity index (χ0) is 13.5. The van der Waals surface area contributed by atoms with Crippen LogP contribution in [0.15, 0.2) is 4.52 Å². The highest BCUT2D eigenvalue weighted by molar-refractivity contribution is 7.99. The van der Waals surface area contributed by atoms with Crippen molar-refractivity contribution < 1.29 is 9.32 Å². The number of thioether (sulfide) groups is 1. The van der Waals surface area contributed by atoms with Crippen molar-refractivity contribution in [2.24, 2.45) is 5.92 Å². The molecule has 0 bridgehead atoms. The number of carbonyl (C=O) groups is 1. The maximum atomic E-state index is 11.6. The van der Waals surface area contributed by atoms with Crippen LogP contribution in [0.3, 0.4) is 0 Å². The summed E-state index contributed by atoms with van der Waals surface area (Å²) in [6, 6.07) is 0. The summed E-state index contributed by atoms with van der Waals surface area (Å²) in [6.07, 6.45) is 1.03. The summed E-state index contributed by atoms with van der Waals surface area (Å²) in [5.41, 5.74) is 2.02. The molecular weight excluding hydrogens is 248 g/mol. The van der Waals surface area contributed by atoms with E-state index in [1.54, 1.807) is 11.8 Å². The molecule has 0 radical (unpaired) electrons. The second kappa shape index (κ2) is 7.46. The fourth-order valence-electron chi connectivity index (χ4n) is 1.51. The van der Waals surface area contributed by atoms with Crippen molar-refractivity contribution in [1.82, 2.24) is 10.5 Å². The van der Waals surface area contributed by atoms with Gasteiger partial charge >= 0.3 is 0 Å². The lowest BCUT2D eigenvalue weighted by atomic mass is 10.1. The highest BCUT2D eigenvalue weighted by atomic mass is 32.2. The summed E-state index contributed by atoms with van der Waals surface area (Å²) in [4.78, 5) is 11.6. The quantitative estimate of drug-likeness (QED) is 0.827. The molecule has 1 N–H and O–H groups in total. The monoisotopic (exact) mass is 270 g/mol. The topological polar surface area (TPSA) is 55.1 Å². The van der Waals surface area contributed by atoms with E-state index in [1.807, 2.05) is 13.8 Å². The third-order valence-corrected chi connectivity index (χ3v) is 3.66.